The first kappa shape index (κ1) is 20.2. The predicted octanol–water partition coefficient (Wildman–Crippen LogP) is 5.37. The van der Waals surface area contributed by atoms with Crippen LogP contribution >= 0.6 is 15.9 Å². The molecule has 2 aromatic carbocycles. The molecule has 5 heteroatoms. The predicted molar refractivity (Wildman–Crippen MR) is 119 cm³/mol. The fourth-order valence-corrected chi connectivity index (χ4v) is 6.50. The van der Waals surface area contributed by atoms with Crippen LogP contribution in [0, 0.1) is 0 Å². The van der Waals surface area contributed by atoms with E-state index in [9.17, 15) is 4.79 Å². The molecule has 0 bridgehead atoms. The molecule has 2 aliphatic heterocycles. The van der Waals surface area contributed by atoms with Gasteiger partial charge in [-0.1, -0.05) is 83.5 Å². The highest BCUT2D eigenvalue weighted by Gasteiger charge is 2.69. The summed E-state index contributed by atoms with van der Waals surface area (Å²) in [5.74, 6) is -0.421. The number of benzene rings is 2. The molecule has 30 heavy (non-hydrogen) atoms. The SMILES string of the molecule is CC[C@H]1OC2(CCCC2)O[C@@H]1[C@]1(Br)C(=O)N(Cc2ccccc2)[C@H]1c1ccccc1. The average Bonchev–Trinajstić information content (AvgIpc) is 3.41. The Morgan fingerprint density at radius 2 is 1.63 bits per heavy atom. The van der Waals surface area contributed by atoms with Crippen molar-refractivity contribution >= 4 is 21.8 Å². The Balaban J connectivity index is 1.50. The zero-order valence-electron chi connectivity index (χ0n) is 17.3. The number of halogens is 1. The van der Waals surface area contributed by atoms with E-state index in [1.54, 1.807) is 0 Å². The van der Waals surface area contributed by atoms with Crippen molar-refractivity contribution in [2.75, 3.05) is 0 Å². The smallest absolute Gasteiger partial charge is 0.245 e. The third-order valence-corrected chi connectivity index (χ3v) is 8.06. The molecule has 1 aliphatic carbocycles. The summed E-state index contributed by atoms with van der Waals surface area (Å²) in [5, 5.41) is 0. The molecular weight excluding hydrogens is 442 g/mol. The van der Waals surface area contributed by atoms with E-state index in [0.29, 0.717) is 6.54 Å². The molecule has 2 aromatic rings. The summed E-state index contributed by atoms with van der Waals surface area (Å²) in [4.78, 5) is 15.6. The molecule has 3 fully saturated rings. The second kappa shape index (κ2) is 7.77. The average molecular weight is 470 g/mol. The van der Waals surface area contributed by atoms with Gasteiger partial charge in [-0.2, -0.15) is 0 Å². The summed E-state index contributed by atoms with van der Waals surface area (Å²) in [6.45, 7) is 2.70. The normalized spacial score (nSPS) is 32.5. The Labute approximate surface area is 186 Å². The lowest BCUT2D eigenvalue weighted by molar-refractivity contribution is -0.184. The molecule has 0 N–H and O–H groups in total. The Bertz CT molecular complexity index is 899. The van der Waals surface area contributed by atoms with E-state index >= 15 is 0 Å². The fourth-order valence-electron chi connectivity index (χ4n) is 5.37. The molecule has 1 amide bonds. The topological polar surface area (TPSA) is 38.8 Å². The number of rotatable bonds is 5. The second-order valence-electron chi connectivity index (χ2n) is 8.72. The molecule has 0 unspecified atom stereocenters. The number of carbonyl (C=O) groups is 1. The van der Waals surface area contributed by atoms with Crippen LogP contribution in [-0.4, -0.2) is 33.1 Å². The molecule has 5 rings (SSSR count). The van der Waals surface area contributed by atoms with Gasteiger partial charge in [0.2, 0.25) is 5.91 Å². The van der Waals surface area contributed by atoms with Crippen LogP contribution in [0.3, 0.4) is 0 Å². The standard InChI is InChI=1S/C25H28BrNO3/c1-2-20-22(30-24(29-20)15-9-10-16-24)25(26)21(19-13-7-4-8-14-19)27(23(25)28)17-18-11-5-3-6-12-18/h3-8,11-14,20-22H,2,9-10,15-17H2,1H3/t20-,21+,22+,25+/m1/s1. The van der Waals surface area contributed by atoms with Crippen molar-refractivity contribution in [3.8, 4) is 0 Å². The van der Waals surface area contributed by atoms with Crippen molar-refractivity contribution in [3.05, 3.63) is 71.8 Å². The number of hydrogen-bond acceptors (Lipinski definition) is 3. The van der Waals surface area contributed by atoms with Gasteiger partial charge in [-0.15, -0.1) is 0 Å². The summed E-state index contributed by atoms with van der Waals surface area (Å²) in [6.07, 6.45) is 4.51. The van der Waals surface area contributed by atoms with Crippen LogP contribution in [0.25, 0.3) is 0 Å². The molecular formula is C25H28BrNO3. The van der Waals surface area contributed by atoms with Gasteiger partial charge in [0.15, 0.2) is 10.1 Å². The van der Waals surface area contributed by atoms with Gasteiger partial charge >= 0.3 is 0 Å². The van der Waals surface area contributed by atoms with Crippen LogP contribution in [-0.2, 0) is 20.8 Å². The zero-order valence-corrected chi connectivity index (χ0v) is 18.9. The lowest BCUT2D eigenvalue weighted by Crippen LogP contribution is -2.71. The first-order valence-corrected chi connectivity index (χ1v) is 11.8. The lowest BCUT2D eigenvalue weighted by atomic mass is 9.76. The van der Waals surface area contributed by atoms with Crippen molar-refractivity contribution in [3.63, 3.8) is 0 Å². The quantitative estimate of drug-likeness (QED) is 0.436. The minimum atomic E-state index is -0.810. The molecule has 1 spiro atoms. The van der Waals surface area contributed by atoms with Crippen LogP contribution in [0.4, 0.5) is 0 Å². The Kier molecular flexibility index (Phi) is 5.24. The summed E-state index contributed by atoms with van der Waals surface area (Å²) in [5.41, 5.74) is 2.25. The van der Waals surface area contributed by atoms with Crippen LogP contribution in [0.5, 0.6) is 0 Å². The monoisotopic (exact) mass is 469 g/mol. The minimum Gasteiger partial charge on any atom is -0.344 e. The summed E-state index contributed by atoms with van der Waals surface area (Å²) >= 11 is 3.93. The molecule has 0 radical (unpaired) electrons. The molecule has 1 saturated carbocycles. The summed E-state index contributed by atoms with van der Waals surface area (Å²) < 4.78 is 12.3. The summed E-state index contributed by atoms with van der Waals surface area (Å²) in [7, 11) is 0. The Hall–Kier alpha value is -1.69. The number of ether oxygens (including phenoxy) is 2. The molecule has 158 valence electrons. The van der Waals surface area contributed by atoms with E-state index in [4.69, 9.17) is 9.47 Å². The maximum atomic E-state index is 13.7. The van der Waals surface area contributed by atoms with Gasteiger partial charge in [-0.3, -0.25) is 4.79 Å². The van der Waals surface area contributed by atoms with Crippen molar-refractivity contribution in [1.82, 2.24) is 4.90 Å². The molecule has 3 aliphatic rings. The number of nitrogens with zero attached hydrogens (tertiary/aromatic N) is 1. The van der Waals surface area contributed by atoms with E-state index in [-0.39, 0.29) is 24.2 Å². The largest absolute Gasteiger partial charge is 0.344 e. The molecule has 4 nitrogen and oxygen atoms in total. The van der Waals surface area contributed by atoms with Crippen molar-refractivity contribution in [2.45, 2.75) is 73.9 Å². The molecule has 2 saturated heterocycles. The van der Waals surface area contributed by atoms with Crippen molar-refractivity contribution in [1.29, 1.82) is 0 Å². The summed E-state index contributed by atoms with van der Waals surface area (Å²) in [6, 6.07) is 20.4. The van der Waals surface area contributed by atoms with Crippen LogP contribution in [0.15, 0.2) is 60.7 Å². The number of likely N-dealkylation sites (tertiary alicyclic amines) is 1. The van der Waals surface area contributed by atoms with Gasteiger partial charge in [0.05, 0.1) is 12.1 Å². The molecule has 0 aromatic heterocycles. The number of amides is 1. The first-order chi connectivity index (χ1) is 14.6. The fraction of sp³-hybridized carbons (Fsp3) is 0.480. The van der Waals surface area contributed by atoms with Crippen molar-refractivity contribution < 1.29 is 14.3 Å². The number of carbonyl (C=O) groups excluding carboxylic acids is 1. The van der Waals surface area contributed by atoms with Gasteiger partial charge in [0, 0.05) is 19.4 Å². The number of alkyl halides is 1. The highest BCUT2D eigenvalue weighted by atomic mass is 79.9. The van der Waals surface area contributed by atoms with E-state index in [1.165, 1.54) is 0 Å². The van der Waals surface area contributed by atoms with Crippen molar-refractivity contribution in [2.24, 2.45) is 0 Å². The van der Waals surface area contributed by atoms with E-state index in [2.05, 4.69) is 47.1 Å². The first-order valence-electron chi connectivity index (χ1n) is 11.0. The van der Waals surface area contributed by atoms with Gasteiger partial charge < -0.3 is 14.4 Å². The van der Waals surface area contributed by atoms with E-state index in [1.807, 2.05) is 41.3 Å². The zero-order chi connectivity index (χ0) is 20.8. The Morgan fingerprint density at radius 3 is 2.27 bits per heavy atom. The highest BCUT2D eigenvalue weighted by Crippen LogP contribution is 2.57. The van der Waals surface area contributed by atoms with E-state index in [0.717, 1.165) is 43.2 Å². The lowest BCUT2D eigenvalue weighted by Gasteiger charge is -2.56. The molecule has 4 atom stereocenters. The molecule has 2 heterocycles. The van der Waals surface area contributed by atoms with Gasteiger partial charge in [-0.05, 0) is 30.4 Å². The minimum absolute atomic E-state index is 0.0855. The third kappa shape index (κ3) is 3.14. The third-order valence-electron chi connectivity index (χ3n) is 6.84. The van der Waals surface area contributed by atoms with Crippen LogP contribution < -0.4 is 0 Å². The second-order valence-corrected chi connectivity index (χ2v) is 10.0. The van der Waals surface area contributed by atoms with Gasteiger partial charge in [0.1, 0.15) is 6.10 Å². The highest BCUT2D eigenvalue weighted by molar-refractivity contribution is 9.10. The van der Waals surface area contributed by atoms with Gasteiger partial charge in [0.25, 0.3) is 0 Å². The maximum Gasteiger partial charge on any atom is 0.245 e. The maximum absolute atomic E-state index is 13.7. The van der Waals surface area contributed by atoms with Gasteiger partial charge in [-0.25, -0.2) is 0 Å². The number of hydrogen-bond donors (Lipinski definition) is 0. The van der Waals surface area contributed by atoms with Crippen LogP contribution in [0.1, 0.15) is 56.2 Å². The Morgan fingerprint density at radius 1 is 1.00 bits per heavy atom. The van der Waals surface area contributed by atoms with Crippen LogP contribution in [0.2, 0.25) is 0 Å². The number of β-lactam (4-membered cyclic amide) rings is 1. The van der Waals surface area contributed by atoms with E-state index < -0.39 is 10.1 Å².